The summed E-state index contributed by atoms with van der Waals surface area (Å²) in [5.74, 6) is -0.145. The second-order valence-electron chi connectivity index (χ2n) is 8.20. The molecule has 38 heavy (non-hydrogen) atoms. The Morgan fingerprint density at radius 2 is 1.21 bits per heavy atom. The van der Waals surface area contributed by atoms with Crippen LogP contribution in [-0.4, -0.2) is 81.1 Å². The summed E-state index contributed by atoms with van der Waals surface area (Å²) < 4.78 is 35.9. The van der Waals surface area contributed by atoms with E-state index in [1.165, 1.54) is 0 Å². The van der Waals surface area contributed by atoms with Gasteiger partial charge in [0.05, 0.1) is 0 Å². The van der Waals surface area contributed by atoms with Crippen molar-refractivity contribution in [3.63, 3.8) is 0 Å². The molecule has 1 amide bonds. The molecule has 0 saturated heterocycles. The van der Waals surface area contributed by atoms with Crippen LogP contribution >= 0.6 is 0 Å². The van der Waals surface area contributed by atoms with Crippen molar-refractivity contribution in [2.24, 2.45) is 5.11 Å². The summed E-state index contributed by atoms with van der Waals surface area (Å²) in [6.45, 7) is 15.5. The average Bonchev–Trinajstić information content (AvgIpc) is 2.89. The first-order chi connectivity index (χ1) is 18.4. The van der Waals surface area contributed by atoms with Crippen molar-refractivity contribution in [1.29, 1.82) is 0 Å². The number of benzene rings is 1. The van der Waals surface area contributed by atoms with Gasteiger partial charge in [-0.05, 0) is 72.0 Å². The van der Waals surface area contributed by atoms with Gasteiger partial charge in [-0.3, -0.25) is 4.79 Å². The molecule has 0 bridgehead atoms. The molecule has 216 valence electrons. The standard InChI is InChI=1S/C25H46N4O7Si2/c1-7-31-37(32-8-2,33-9-3)20-14-18-29(25(30)23-16-13-17-24(22-23)27-28-26)19-15-21-38(34-10-4,35-11-5)36-12-6/h13,16-17,22H,7-12,14-15,18-21H2,1-6H3. The van der Waals surface area contributed by atoms with Gasteiger partial charge in [0.25, 0.3) is 5.91 Å². The minimum absolute atomic E-state index is 0.145. The molecule has 0 fully saturated rings. The highest BCUT2D eigenvalue weighted by Crippen LogP contribution is 2.22. The molecule has 1 aromatic rings. The second-order valence-corrected chi connectivity index (χ2v) is 13.7. The van der Waals surface area contributed by atoms with Crippen molar-refractivity contribution in [3.05, 3.63) is 40.3 Å². The molecule has 11 nitrogen and oxygen atoms in total. The summed E-state index contributed by atoms with van der Waals surface area (Å²) in [5, 5.41) is 3.64. The lowest BCUT2D eigenvalue weighted by Crippen LogP contribution is -2.47. The fraction of sp³-hybridized carbons (Fsp3) is 0.720. The lowest BCUT2D eigenvalue weighted by Gasteiger charge is -2.31. The van der Waals surface area contributed by atoms with E-state index in [1.807, 2.05) is 41.5 Å². The van der Waals surface area contributed by atoms with Gasteiger partial charge in [-0.15, -0.1) is 0 Å². The predicted octanol–water partition coefficient (Wildman–Crippen LogP) is 5.95. The van der Waals surface area contributed by atoms with Crippen LogP contribution in [0.5, 0.6) is 0 Å². The van der Waals surface area contributed by atoms with Crippen molar-refractivity contribution in [2.45, 2.75) is 66.5 Å². The number of rotatable bonds is 22. The monoisotopic (exact) mass is 570 g/mol. The molecule has 0 spiro atoms. The summed E-state index contributed by atoms with van der Waals surface area (Å²) in [4.78, 5) is 18.2. The van der Waals surface area contributed by atoms with Crippen LogP contribution in [0.25, 0.3) is 10.4 Å². The highest BCUT2D eigenvalue weighted by molar-refractivity contribution is 6.61. The Hall–Kier alpha value is -1.81. The number of carbonyl (C=O) groups is 1. The second kappa shape index (κ2) is 19.3. The van der Waals surface area contributed by atoms with Gasteiger partial charge < -0.3 is 31.5 Å². The van der Waals surface area contributed by atoms with Gasteiger partial charge in [-0.2, -0.15) is 0 Å². The lowest BCUT2D eigenvalue weighted by atomic mass is 10.1. The first-order valence-corrected chi connectivity index (χ1v) is 17.5. The summed E-state index contributed by atoms with van der Waals surface area (Å²) in [7, 11) is -5.67. The van der Waals surface area contributed by atoms with Crippen molar-refractivity contribution < 1.29 is 31.4 Å². The molecule has 13 heteroatoms. The van der Waals surface area contributed by atoms with Crippen LogP contribution in [0.3, 0.4) is 0 Å². The van der Waals surface area contributed by atoms with Crippen molar-refractivity contribution in [3.8, 4) is 0 Å². The maximum absolute atomic E-state index is 13.6. The van der Waals surface area contributed by atoms with E-state index in [2.05, 4.69) is 10.0 Å². The number of nitrogens with zero attached hydrogens (tertiary/aromatic N) is 4. The molecule has 0 aliphatic carbocycles. The Kier molecular flexibility index (Phi) is 17.4. The van der Waals surface area contributed by atoms with E-state index in [4.69, 9.17) is 32.1 Å². The van der Waals surface area contributed by atoms with E-state index >= 15 is 0 Å². The van der Waals surface area contributed by atoms with Gasteiger partial charge in [-0.1, -0.05) is 17.2 Å². The smallest absolute Gasteiger partial charge is 0.374 e. The first-order valence-electron chi connectivity index (χ1n) is 13.7. The maximum atomic E-state index is 13.6. The minimum Gasteiger partial charge on any atom is -0.374 e. The molecular formula is C25H46N4O7Si2. The number of amides is 1. The third-order valence-corrected chi connectivity index (χ3v) is 11.9. The molecule has 1 rings (SSSR count). The third kappa shape index (κ3) is 11.5. The van der Waals surface area contributed by atoms with Gasteiger partial charge in [0.15, 0.2) is 0 Å². The van der Waals surface area contributed by atoms with E-state index in [0.717, 1.165) is 0 Å². The highest BCUT2D eigenvalue weighted by atomic mass is 28.4. The summed E-state index contributed by atoms with van der Waals surface area (Å²) >= 11 is 0. The van der Waals surface area contributed by atoms with Gasteiger partial charge in [-0.25, -0.2) is 0 Å². The Bertz CT molecular complexity index is 793. The van der Waals surface area contributed by atoms with E-state index < -0.39 is 17.6 Å². The van der Waals surface area contributed by atoms with Crippen LogP contribution in [0.1, 0.15) is 64.7 Å². The lowest BCUT2D eigenvalue weighted by molar-refractivity contribution is 0.0641. The number of hydrogen-bond acceptors (Lipinski definition) is 8. The number of hydrogen-bond donors (Lipinski definition) is 0. The first kappa shape index (κ1) is 34.2. The Labute approximate surface area is 230 Å². The van der Waals surface area contributed by atoms with E-state index in [9.17, 15) is 4.79 Å². The number of carbonyl (C=O) groups excluding carboxylic acids is 1. The largest absolute Gasteiger partial charge is 0.500 e. The van der Waals surface area contributed by atoms with E-state index in [0.29, 0.717) is 88.9 Å². The van der Waals surface area contributed by atoms with Gasteiger partial charge in [0.1, 0.15) is 0 Å². The Balaban J connectivity index is 3.10. The molecule has 0 heterocycles. The fourth-order valence-corrected chi connectivity index (χ4v) is 9.41. The zero-order valence-corrected chi connectivity index (χ0v) is 25.9. The van der Waals surface area contributed by atoms with Gasteiger partial charge in [0.2, 0.25) is 0 Å². The molecule has 1 aromatic carbocycles. The maximum Gasteiger partial charge on any atom is 0.500 e. The molecule has 0 aliphatic heterocycles. The zero-order chi connectivity index (χ0) is 28.3. The van der Waals surface area contributed by atoms with Crippen molar-refractivity contribution >= 4 is 29.2 Å². The van der Waals surface area contributed by atoms with E-state index in [-0.39, 0.29) is 5.91 Å². The average molecular weight is 571 g/mol. The molecule has 0 N–H and O–H groups in total. The van der Waals surface area contributed by atoms with Crippen molar-refractivity contribution in [1.82, 2.24) is 4.90 Å². The summed E-state index contributed by atoms with van der Waals surface area (Å²) in [5.41, 5.74) is 9.66. The topological polar surface area (TPSA) is 124 Å². The Morgan fingerprint density at radius 3 is 1.58 bits per heavy atom. The molecule has 0 atom stereocenters. The molecule has 0 aromatic heterocycles. The molecule has 0 unspecified atom stereocenters. The zero-order valence-electron chi connectivity index (χ0n) is 23.9. The summed E-state index contributed by atoms with van der Waals surface area (Å²) in [6.07, 6.45) is 1.30. The molecule has 0 aliphatic rings. The minimum atomic E-state index is -2.84. The fourth-order valence-electron chi connectivity index (χ4n) is 4.23. The third-order valence-electron chi connectivity index (χ3n) is 5.55. The highest BCUT2D eigenvalue weighted by Gasteiger charge is 2.41. The molecule has 0 radical (unpaired) electrons. The SMILES string of the molecule is CCO[Si](CCCN(CCC[Si](OCC)(OCC)OCC)C(=O)c1cccc(N=[N+]=[N-])c1)(OCC)OCC. The Morgan fingerprint density at radius 1 is 0.789 bits per heavy atom. The van der Waals surface area contributed by atoms with Crippen LogP contribution in [0.15, 0.2) is 29.4 Å². The van der Waals surface area contributed by atoms with Crippen LogP contribution in [0.2, 0.25) is 12.1 Å². The van der Waals surface area contributed by atoms with E-state index in [1.54, 1.807) is 29.2 Å². The van der Waals surface area contributed by atoms with Crippen molar-refractivity contribution in [2.75, 3.05) is 52.7 Å². The van der Waals surface area contributed by atoms with Crippen LogP contribution in [0.4, 0.5) is 5.69 Å². The normalized spacial score (nSPS) is 11.8. The number of azide groups is 1. The van der Waals surface area contributed by atoms with Crippen LogP contribution in [-0.2, 0) is 26.6 Å². The van der Waals surface area contributed by atoms with Gasteiger partial charge >= 0.3 is 17.6 Å². The predicted molar refractivity (Wildman–Crippen MR) is 151 cm³/mol. The molecular weight excluding hydrogens is 524 g/mol. The quantitative estimate of drug-likeness (QED) is 0.0730. The van der Waals surface area contributed by atoms with Crippen LogP contribution in [0, 0.1) is 0 Å². The molecule has 0 saturated carbocycles. The summed E-state index contributed by atoms with van der Waals surface area (Å²) in [6, 6.07) is 7.91. The van der Waals surface area contributed by atoms with Crippen LogP contribution < -0.4 is 0 Å². The van der Waals surface area contributed by atoms with Gasteiger partial charge in [0, 0.05) is 81.0 Å².